The van der Waals surface area contributed by atoms with Crippen molar-refractivity contribution in [3.63, 3.8) is 0 Å². The van der Waals surface area contributed by atoms with Crippen molar-refractivity contribution in [3.05, 3.63) is 89.5 Å². The molecule has 0 aromatic heterocycles. The topological polar surface area (TPSA) is 57.5 Å². The molecule has 4 aromatic rings. The van der Waals surface area contributed by atoms with Crippen LogP contribution < -0.4 is 0 Å². The highest BCUT2D eigenvalue weighted by Gasteiger charge is 2.05. The quantitative estimate of drug-likeness (QED) is 0.465. The van der Waals surface area contributed by atoms with E-state index in [-0.39, 0.29) is 0 Å². The van der Waals surface area contributed by atoms with Crippen molar-refractivity contribution in [2.24, 2.45) is 0 Å². The maximum Gasteiger partial charge on any atom is 0.335 e. The molecule has 0 saturated heterocycles. The third kappa shape index (κ3) is 3.83. The average Bonchev–Trinajstić information content (AvgIpc) is 2.62. The first kappa shape index (κ1) is 17.5. The fourth-order valence-corrected chi connectivity index (χ4v) is 2.98. The molecule has 0 fully saturated rings. The number of rotatable bonds is 1. The van der Waals surface area contributed by atoms with Gasteiger partial charge in [0.25, 0.3) is 0 Å². The zero-order chi connectivity index (χ0) is 18.7. The summed E-state index contributed by atoms with van der Waals surface area (Å²) in [6.45, 7) is 3.99. The number of fused-ring (bicyclic) bond motifs is 2. The number of hydrogen-bond donors (Lipinski definition) is 2. The molecule has 0 spiro atoms. The van der Waals surface area contributed by atoms with Crippen LogP contribution in [0.2, 0.25) is 0 Å². The van der Waals surface area contributed by atoms with E-state index in [4.69, 9.17) is 5.11 Å². The van der Waals surface area contributed by atoms with Crippen LogP contribution in [0.3, 0.4) is 0 Å². The highest BCUT2D eigenvalue weighted by atomic mass is 16.4. The third-order valence-corrected chi connectivity index (χ3v) is 4.29. The lowest BCUT2D eigenvalue weighted by atomic mass is 10.0. The molecule has 0 aliphatic heterocycles. The summed E-state index contributed by atoms with van der Waals surface area (Å²) in [5, 5.41) is 22.4. The summed E-state index contributed by atoms with van der Waals surface area (Å²) < 4.78 is 0. The van der Waals surface area contributed by atoms with Crippen LogP contribution >= 0.6 is 0 Å². The predicted molar refractivity (Wildman–Crippen MR) is 106 cm³/mol. The molecule has 3 nitrogen and oxygen atoms in total. The first-order chi connectivity index (χ1) is 12.4. The van der Waals surface area contributed by atoms with Gasteiger partial charge in [0.05, 0.1) is 5.56 Å². The van der Waals surface area contributed by atoms with Gasteiger partial charge in [0.2, 0.25) is 0 Å². The Morgan fingerprint density at radius 3 is 2.23 bits per heavy atom. The second-order valence-electron chi connectivity index (χ2n) is 6.35. The Labute approximate surface area is 152 Å². The number of aromatic carboxylic acids is 1. The third-order valence-electron chi connectivity index (χ3n) is 4.29. The van der Waals surface area contributed by atoms with Gasteiger partial charge in [0, 0.05) is 0 Å². The monoisotopic (exact) mass is 344 g/mol. The van der Waals surface area contributed by atoms with Crippen LogP contribution in [0.15, 0.2) is 72.8 Å². The molecule has 2 N–H and O–H groups in total. The molecular formula is C23H20O3. The predicted octanol–water partition coefficient (Wildman–Crippen LogP) is 5.70. The van der Waals surface area contributed by atoms with Gasteiger partial charge >= 0.3 is 5.97 Å². The maximum absolute atomic E-state index is 10.8. The van der Waals surface area contributed by atoms with Crippen molar-refractivity contribution in [1.82, 2.24) is 0 Å². The molecule has 26 heavy (non-hydrogen) atoms. The normalized spacial score (nSPS) is 10.4. The summed E-state index contributed by atoms with van der Waals surface area (Å²) >= 11 is 0. The zero-order valence-corrected chi connectivity index (χ0v) is 14.7. The summed E-state index contributed by atoms with van der Waals surface area (Å²) in [5.41, 5.74) is 2.59. The second kappa shape index (κ2) is 7.28. The first-order valence-corrected chi connectivity index (χ1v) is 8.36. The van der Waals surface area contributed by atoms with Crippen molar-refractivity contribution in [1.29, 1.82) is 0 Å². The Morgan fingerprint density at radius 2 is 1.46 bits per heavy atom. The summed E-state index contributed by atoms with van der Waals surface area (Å²) in [5.74, 6) is -0.551. The van der Waals surface area contributed by atoms with Crippen molar-refractivity contribution >= 4 is 27.5 Å². The first-order valence-electron chi connectivity index (χ1n) is 8.36. The minimum Gasteiger partial charge on any atom is -0.508 e. The van der Waals surface area contributed by atoms with E-state index in [1.54, 1.807) is 24.3 Å². The Kier molecular flexibility index (Phi) is 4.90. The summed E-state index contributed by atoms with van der Waals surface area (Å²) in [6, 6.07) is 22.8. The van der Waals surface area contributed by atoms with Gasteiger partial charge < -0.3 is 10.2 Å². The van der Waals surface area contributed by atoms with Gasteiger partial charge in [-0.15, -0.1) is 0 Å². The highest BCUT2D eigenvalue weighted by molar-refractivity contribution is 5.95. The smallest absolute Gasteiger partial charge is 0.335 e. The molecule has 0 aliphatic rings. The number of hydrogen-bond acceptors (Lipinski definition) is 2. The van der Waals surface area contributed by atoms with Crippen LogP contribution in [-0.4, -0.2) is 16.2 Å². The fourth-order valence-electron chi connectivity index (χ4n) is 2.98. The molecule has 0 aliphatic carbocycles. The lowest BCUT2D eigenvalue weighted by Gasteiger charge is -2.03. The van der Waals surface area contributed by atoms with E-state index in [9.17, 15) is 9.90 Å². The average molecular weight is 344 g/mol. The minimum atomic E-state index is -0.876. The fraction of sp³-hybridized carbons (Fsp3) is 0.0870. The number of carboxylic acids is 1. The van der Waals surface area contributed by atoms with Crippen molar-refractivity contribution < 1.29 is 15.0 Å². The van der Waals surface area contributed by atoms with Gasteiger partial charge in [-0.2, -0.15) is 0 Å². The molecule has 0 atom stereocenters. The molecule has 0 bridgehead atoms. The summed E-state index contributed by atoms with van der Waals surface area (Å²) in [7, 11) is 0. The zero-order valence-electron chi connectivity index (χ0n) is 14.7. The molecule has 0 radical (unpaired) electrons. The Bertz CT molecular complexity index is 1060. The number of aromatic hydroxyl groups is 1. The largest absolute Gasteiger partial charge is 0.508 e. The summed E-state index contributed by atoms with van der Waals surface area (Å²) in [6.07, 6.45) is 0. The van der Waals surface area contributed by atoms with Crippen LogP contribution in [0.5, 0.6) is 5.75 Å². The van der Waals surface area contributed by atoms with Crippen molar-refractivity contribution in [3.8, 4) is 5.75 Å². The van der Waals surface area contributed by atoms with Gasteiger partial charge in [-0.05, 0) is 65.2 Å². The number of phenols is 1. The minimum absolute atomic E-state index is 0.325. The van der Waals surface area contributed by atoms with Gasteiger partial charge in [0.15, 0.2) is 0 Å². The van der Waals surface area contributed by atoms with Crippen molar-refractivity contribution in [2.45, 2.75) is 13.8 Å². The molecule has 3 heteroatoms. The van der Waals surface area contributed by atoms with Gasteiger partial charge in [0.1, 0.15) is 5.75 Å². The van der Waals surface area contributed by atoms with E-state index in [0.29, 0.717) is 11.3 Å². The van der Waals surface area contributed by atoms with E-state index >= 15 is 0 Å². The highest BCUT2D eigenvalue weighted by Crippen LogP contribution is 2.21. The van der Waals surface area contributed by atoms with E-state index < -0.39 is 5.97 Å². The van der Waals surface area contributed by atoms with Crippen LogP contribution in [0.25, 0.3) is 21.5 Å². The van der Waals surface area contributed by atoms with E-state index in [1.807, 2.05) is 49.4 Å². The van der Waals surface area contributed by atoms with E-state index in [2.05, 4.69) is 13.0 Å². The SMILES string of the molecule is Cc1cc(C(=O)O)cc2ccccc12.Cc1ccc2cc(O)ccc2c1. The molecule has 0 amide bonds. The Hall–Kier alpha value is -3.33. The van der Waals surface area contributed by atoms with Crippen LogP contribution in [0.1, 0.15) is 21.5 Å². The molecule has 4 aromatic carbocycles. The number of aryl methyl sites for hydroxylation is 2. The molecular weight excluding hydrogens is 324 g/mol. The maximum atomic E-state index is 10.8. The van der Waals surface area contributed by atoms with Crippen LogP contribution in [0.4, 0.5) is 0 Å². The van der Waals surface area contributed by atoms with Gasteiger partial charge in [-0.1, -0.05) is 54.1 Å². The Balaban J connectivity index is 0.000000152. The second-order valence-corrected chi connectivity index (χ2v) is 6.35. The van der Waals surface area contributed by atoms with Gasteiger partial charge in [-0.25, -0.2) is 4.79 Å². The van der Waals surface area contributed by atoms with E-state index in [0.717, 1.165) is 21.7 Å². The standard InChI is InChI=1S/C12H10O2.C11H10O/c1-8-6-10(12(13)14)7-9-4-2-3-5-11(8)9;1-8-2-3-10-7-11(12)5-4-9(10)6-8/h2-7H,1H3,(H,13,14);2-7,12H,1H3. The lowest BCUT2D eigenvalue weighted by molar-refractivity contribution is 0.0697. The molecule has 130 valence electrons. The lowest BCUT2D eigenvalue weighted by Crippen LogP contribution is -1.96. The van der Waals surface area contributed by atoms with Crippen LogP contribution in [-0.2, 0) is 0 Å². The van der Waals surface area contributed by atoms with Gasteiger partial charge in [-0.3, -0.25) is 0 Å². The molecule has 0 heterocycles. The number of phenolic OH excluding ortho intramolecular Hbond substituents is 1. The molecule has 0 unspecified atom stereocenters. The van der Waals surface area contributed by atoms with Crippen LogP contribution in [0, 0.1) is 13.8 Å². The Morgan fingerprint density at radius 1 is 0.769 bits per heavy atom. The van der Waals surface area contributed by atoms with E-state index in [1.165, 1.54) is 10.9 Å². The summed E-state index contributed by atoms with van der Waals surface area (Å²) in [4.78, 5) is 10.8. The van der Waals surface area contributed by atoms with Crippen molar-refractivity contribution in [2.75, 3.05) is 0 Å². The number of carboxylic acid groups (broad SMARTS) is 1. The molecule has 0 saturated carbocycles. The number of carbonyl (C=O) groups is 1. The number of benzene rings is 4. The molecule has 4 rings (SSSR count).